The molecule has 0 aliphatic rings. The van der Waals surface area contributed by atoms with Gasteiger partial charge in [0.05, 0.1) is 59.4 Å². The van der Waals surface area contributed by atoms with Crippen LogP contribution in [-0.4, -0.2) is 116 Å². The predicted octanol–water partition coefficient (Wildman–Crippen LogP) is 1.90. The van der Waals surface area contributed by atoms with E-state index in [9.17, 15) is 69.6 Å². The number of nitriles is 4. The number of nitrogens with zero attached hydrogens (tertiary/aromatic N) is 8. The number of carbonyl (C=O) groups excluding carboxylic acids is 6. The molecule has 4 heterocycles. The molecule has 0 fully saturated rings. The Kier molecular flexibility index (Phi) is 35.3. The van der Waals surface area contributed by atoms with E-state index in [4.69, 9.17) is 63.8 Å². The second kappa shape index (κ2) is 43.0. The number of carboxylic acids is 4. The molecule has 4 aromatic heterocycles. The van der Waals surface area contributed by atoms with Crippen LogP contribution in [0.2, 0.25) is 10.0 Å². The molecule has 104 heavy (non-hydrogen) atoms. The molecule has 0 saturated carbocycles. The summed E-state index contributed by atoms with van der Waals surface area (Å²) in [5.41, 5.74) is 17.9. The van der Waals surface area contributed by atoms with Crippen molar-refractivity contribution in [2.75, 3.05) is 37.9 Å². The van der Waals surface area contributed by atoms with Crippen LogP contribution in [0.5, 0.6) is 11.5 Å². The smallest absolute Gasteiger partial charge is 0.548 e. The molecule has 2 atom stereocenters. The maximum atomic E-state index is 12.1. The number of pyridine rings is 2. The third-order valence-corrected chi connectivity index (χ3v) is 18.4. The molecule has 0 unspecified atom stereocenters. The number of rotatable bonds is 34. The van der Waals surface area contributed by atoms with Crippen LogP contribution in [0, 0.1) is 45.3 Å². The molecule has 524 valence electrons. The van der Waals surface area contributed by atoms with Crippen molar-refractivity contribution >= 4 is 129 Å². The van der Waals surface area contributed by atoms with Gasteiger partial charge in [0.25, 0.3) is 0 Å². The number of hydrogen-bond donors (Lipinski definition) is 6. The van der Waals surface area contributed by atoms with Gasteiger partial charge in [-0.15, -0.1) is 22.7 Å². The van der Waals surface area contributed by atoms with Crippen molar-refractivity contribution in [3.63, 3.8) is 0 Å². The van der Waals surface area contributed by atoms with E-state index in [1.54, 1.807) is 72.8 Å². The largest absolute Gasteiger partial charge is 1.00 e. The Labute approximate surface area is 664 Å². The number of nitrogens with two attached hydrogens (primary N) is 2. The zero-order valence-electron chi connectivity index (χ0n) is 55.2. The minimum absolute atomic E-state index is 0. The maximum absolute atomic E-state index is 12.1. The molecule has 0 bridgehead atoms. The van der Waals surface area contributed by atoms with Gasteiger partial charge in [-0.2, -0.15) is 21.0 Å². The number of anilines is 2. The summed E-state index contributed by atoms with van der Waals surface area (Å²) < 4.78 is 21.4. The standard InChI is InChI=1S/2C34H29ClN6O8S2.2Na/c2*35-21-5-1-20(2-6-21)32-39-22(17-50-32)18-51-33-25(16-37)30(24(15-36)31(38)41-33)19-3-7-23(8-4-19)48-13-14-49-29(45)12-9-26(34(46)47)40-27(42)10-11-28(43)44;;/h2*1-8,17,26H,9-14,18H2,(H2,38,41)(H,40,42)(H,43,44)(H,46,47);;/q;;2*+1/p-2/t2*26-;;/m00../s1. The van der Waals surface area contributed by atoms with Crippen LogP contribution in [0.4, 0.5) is 11.6 Å². The summed E-state index contributed by atoms with van der Waals surface area (Å²) >= 11 is 17.5. The van der Waals surface area contributed by atoms with Crippen molar-refractivity contribution < 1.29 is 137 Å². The number of benzene rings is 4. The van der Waals surface area contributed by atoms with Gasteiger partial charge in [0.1, 0.15) is 105 Å². The van der Waals surface area contributed by atoms with Crippen LogP contribution >= 0.6 is 69.4 Å². The zero-order chi connectivity index (χ0) is 73.8. The first kappa shape index (κ1) is 85.3. The summed E-state index contributed by atoms with van der Waals surface area (Å²) in [4.78, 5) is 109. The number of ether oxygens (including phenoxy) is 4. The molecule has 36 heteroatoms. The number of nitrogen functional groups attached to an aromatic ring is 2. The summed E-state index contributed by atoms with van der Waals surface area (Å²) in [7, 11) is 0. The molecular formula is C68H56Cl2N12Na2O16S4. The maximum Gasteiger partial charge on any atom is 1.00 e. The average Bonchev–Trinajstić information content (AvgIpc) is 0.816. The Morgan fingerprint density at radius 2 is 0.827 bits per heavy atom. The van der Waals surface area contributed by atoms with Crippen molar-refractivity contribution in [3.8, 4) is 79.2 Å². The Morgan fingerprint density at radius 1 is 0.490 bits per heavy atom. The van der Waals surface area contributed by atoms with Crippen molar-refractivity contribution in [1.82, 2.24) is 30.6 Å². The van der Waals surface area contributed by atoms with Crippen molar-refractivity contribution in [1.29, 1.82) is 21.0 Å². The molecule has 8 rings (SSSR count). The Balaban J connectivity index is 0.000000367. The summed E-state index contributed by atoms with van der Waals surface area (Å²) in [6.45, 7) is -0.430. The number of carboxylic acid groups (broad SMARTS) is 4. The molecule has 0 spiro atoms. The second-order valence-electron chi connectivity index (χ2n) is 21.1. The van der Waals surface area contributed by atoms with Gasteiger partial charge in [0, 0.05) is 80.2 Å². The first-order valence-electron chi connectivity index (χ1n) is 30.1. The molecular weight excluding hydrogens is 1490 g/mol. The topological polar surface area (TPSA) is 483 Å². The van der Waals surface area contributed by atoms with E-state index in [-0.39, 0.29) is 145 Å². The van der Waals surface area contributed by atoms with E-state index >= 15 is 0 Å². The number of amides is 2. The number of esters is 2. The Hall–Kier alpha value is -9.36. The molecule has 8 N–H and O–H groups in total. The van der Waals surface area contributed by atoms with E-state index in [1.807, 2.05) is 47.2 Å². The molecule has 8 aromatic rings. The van der Waals surface area contributed by atoms with Gasteiger partial charge in [-0.3, -0.25) is 28.8 Å². The number of hydrogen-bond acceptors (Lipinski definition) is 28. The SMILES string of the molecule is N#Cc1c(N)nc(SCc2csc(-c3ccc(Cl)cc3)n2)c(C#N)c1-c1ccc(OCCOC(=O)CC[C@H](NC(=O)CCC(=O)O)C(=O)[O-])cc1.N#Cc1c(N)nc(SCc2csc(-c3ccc(Cl)cc3)n2)c(C#N)c1-c1ccc(OCCOC(=O)CC[C@H](NC(=O)CCC(=O)O)C(=O)[O-])cc1.[Na+].[Na+]. The van der Waals surface area contributed by atoms with Crippen LogP contribution in [0.25, 0.3) is 43.4 Å². The van der Waals surface area contributed by atoms with E-state index < -0.39 is 85.4 Å². The second-order valence-corrected chi connectivity index (χ2v) is 25.6. The van der Waals surface area contributed by atoms with Gasteiger partial charge in [0.15, 0.2) is 0 Å². The minimum atomic E-state index is -1.62. The van der Waals surface area contributed by atoms with Gasteiger partial charge in [0.2, 0.25) is 11.8 Å². The van der Waals surface area contributed by atoms with Crippen LogP contribution in [0.3, 0.4) is 0 Å². The van der Waals surface area contributed by atoms with Gasteiger partial charge in [-0.1, -0.05) is 95.3 Å². The van der Waals surface area contributed by atoms with Gasteiger partial charge < -0.3 is 71.1 Å². The number of nitrogens with one attached hydrogen (secondary N) is 2. The number of thioether (sulfide) groups is 2. The molecule has 0 saturated heterocycles. The quantitative estimate of drug-likeness (QED) is 0.0145. The van der Waals surface area contributed by atoms with Crippen molar-refractivity contribution in [3.05, 3.63) is 152 Å². The van der Waals surface area contributed by atoms with Crippen LogP contribution in [-0.2, 0) is 59.3 Å². The number of halogens is 2. The molecule has 4 aromatic carbocycles. The Bertz CT molecular complexity index is 4280. The van der Waals surface area contributed by atoms with Gasteiger partial charge in [-0.05, 0) is 72.5 Å². The van der Waals surface area contributed by atoms with E-state index in [0.717, 1.165) is 32.5 Å². The molecule has 0 aliphatic carbocycles. The first-order chi connectivity index (χ1) is 49.0. The van der Waals surface area contributed by atoms with E-state index in [2.05, 4.69) is 42.7 Å². The fraction of sp³-hybridized carbons (Fsp3) is 0.235. The summed E-state index contributed by atoms with van der Waals surface area (Å²) in [6, 6.07) is 33.2. The normalized spacial score (nSPS) is 10.9. The average molecular weight is 1540 g/mol. The fourth-order valence-corrected chi connectivity index (χ4v) is 13.0. The third-order valence-electron chi connectivity index (χ3n) is 14.0. The monoisotopic (exact) mass is 1540 g/mol. The van der Waals surface area contributed by atoms with Crippen LogP contribution < -0.4 is 101 Å². The molecule has 2 amide bonds. The van der Waals surface area contributed by atoms with Crippen molar-refractivity contribution in [2.45, 2.75) is 85.0 Å². The fourth-order valence-electron chi connectivity index (χ4n) is 9.07. The molecule has 0 aliphatic heterocycles. The van der Waals surface area contributed by atoms with E-state index in [0.29, 0.717) is 65.4 Å². The molecule has 0 radical (unpaired) electrons. The summed E-state index contributed by atoms with van der Waals surface area (Å²) in [5, 5.41) is 91.6. The predicted molar refractivity (Wildman–Crippen MR) is 370 cm³/mol. The Morgan fingerprint density at radius 3 is 1.14 bits per heavy atom. The van der Waals surface area contributed by atoms with Crippen LogP contribution in [0.1, 0.15) is 85.0 Å². The summed E-state index contributed by atoms with van der Waals surface area (Å²) in [5.74, 6) is -7.21. The number of carbonyl (C=O) groups is 8. The number of aromatic nitrogens is 4. The zero-order valence-corrected chi connectivity index (χ0v) is 64.0. The minimum Gasteiger partial charge on any atom is -0.548 e. The summed E-state index contributed by atoms with van der Waals surface area (Å²) in [6.07, 6.45) is -3.10. The third kappa shape index (κ3) is 26.1. The first-order valence-corrected chi connectivity index (χ1v) is 34.6. The van der Waals surface area contributed by atoms with Gasteiger partial charge >= 0.3 is 83.0 Å². The number of aliphatic carboxylic acids is 4. The molecule has 28 nitrogen and oxygen atoms in total. The van der Waals surface area contributed by atoms with Crippen molar-refractivity contribution in [2.24, 2.45) is 0 Å². The van der Waals surface area contributed by atoms with Gasteiger partial charge in [-0.25, -0.2) is 19.9 Å². The number of thiazole rings is 2. The van der Waals surface area contributed by atoms with Crippen LogP contribution in [0.15, 0.2) is 118 Å². The van der Waals surface area contributed by atoms with E-state index in [1.165, 1.54) is 46.2 Å².